The molecule has 4 unspecified atom stereocenters. The molecule has 0 spiro atoms. The van der Waals surface area contributed by atoms with Crippen LogP contribution in [0, 0.1) is 17.9 Å². The van der Waals surface area contributed by atoms with Gasteiger partial charge in [-0.25, -0.2) is 0 Å². The molecule has 0 radical (unpaired) electrons. The number of benzene rings is 2. The van der Waals surface area contributed by atoms with Gasteiger partial charge >= 0.3 is 18.9 Å². The predicted octanol–water partition coefficient (Wildman–Crippen LogP) is 2.51. The van der Waals surface area contributed by atoms with Gasteiger partial charge < -0.3 is 18.9 Å². The first-order chi connectivity index (χ1) is 16.4. The van der Waals surface area contributed by atoms with Crippen molar-refractivity contribution in [3.05, 3.63) is 59.7 Å². The number of hydrogen-bond acceptors (Lipinski definition) is 5. The van der Waals surface area contributed by atoms with Crippen molar-refractivity contribution in [3.63, 3.8) is 0 Å². The van der Waals surface area contributed by atoms with E-state index in [0.717, 1.165) is 36.6 Å². The van der Waals surface area contributed by atoms with Gasteiger partial charge in [0.25, 0.3) is 0 Å². The fraction of sp³-hybridized carbons (Fsp3) is 0.586. The van der Waals surface area contributed by atoms with E-state index in [0.29, 0.717) is 31.0 Å². The van der Waals surface area contributed by atoms with Crippen LogP contribution < -0.4 is 28.3 Å². The van der Waals surface area contributed by atoms with Crippen LogP contribution in [0.4, 0.5) is 0 Å². The maximum absolute atomic E-state index is 6.76. The third-order valence-electron chi connectivity index (χ3n) is 7.75. The minimum atomic E-state index is -0.0644. The Kier molecular flexibility index (Phi) is 10.2. The molecule has 6 heteroatoms. The van der Waals surface area contributed by atoms with Gasteiger partial charge in [-0.3, -0.25) is 4.90 Å². The Morgan fingerprint density at radius 3 is 2.54 bits per heavy atom. The van der Waals surface area contributed by atoms with Gasteiger partial charge in [-0.1, -0.05) is 43.7 Å². The Balaban J connectivity index is 0.00000342. The summed E-state index contributed by atoms with van der Waals surface area (Å²) in [5.41, 5.74) is 2.32. The molecule has 186 valence electrons. The fourth-order valence-corrected chi connectivity index (χ4v) is 5.76. The van der Waals surface area contributed by atoms with Crippen molar-refractivity contribution in [2.75, 3.05) is 27.4 Å². The average Bonchev–Trinajstić information content (AvgIpc) is 2.83. The van der Waals surface area contributed by atoms with E-state index in [2.05, 4.69) is 56.0 Å². The van der Waals surface area contributed by atoms with Gasteiger partial charge in [0.05, 0.1) is 39.3 Å². The summed E-state index contributed by atoms with van der Waals surface area (Å²) in [6, 6.07) is 17.6. The first-order valence-corrected chi connectivity index (χ1v) is 12.6. The van der Waals surface area contributed by atoms with Crippen molar-refractivity contribution in [2.45, 2.75) is 70.9 Å². The SMILES string of the molecule is COc1c[c-]c(CCN2C(COCc3ccccc3)OC3CC(C)CCC3C2(C)C)cc1OC.[Li+]. The van der Waals surface area contributed by atoms with Crippen LogP contribution in [0.2, 0.25) is 0 Å². The summed E-state index contributed by atoms with van der Waals surface area (Å²) in [4.78, 5) is 2.53. The summed E-state index contributed by atoms with van der Waals surface area (Å²) < 4.78 is 23.8. The van der Waals surface area contributed by atoms with E-state index >= 15 is 0 Å². The van der Waals surface area contributed by atoms with Crippen LogP contribution in [0.1, 0.15) is 51.2 Å². The van der Waals surface area contributed by atoms with Crippen LogP contribution in [0.15, 0.2) is 42.5 Å². The summed E-state index contributed by atoms with van der Waals surface area (Å²) in [7, 11) is 3.33. The molecule has 2 aliphatic rings. The maximum atomic E-state index is 6.76. The topological polar surface area (TPSA) is 40.2 Å². The Morgan fingerprint density at radius 2 is 1.83 bits per heavy atom. The second kappa shape index (κ2) is 12.7. The van der Waals surface area contributed by atoms with E-state index in [1.54, 1.807) is 14.2 Å². The van der Waals surface area contributed by atoms with Crippen molar-refractivity contribution in [1.82, 2.24) is 4.90 Å². The fourth-order valence-electron chi connectivity index (χ4n) is 5.76. The Labute approximate surface area is 223 Å². The summed E-state index contributed by atoms with van der Waals surface area (Å²) in [5.74, 6) is 2.70. The second-order valence-electron chi connectivity index (χ2n) is 10.3. The quantitative estimate of drug-likeness (QED) is 0.414. The molecule has 0 aromatic heterocycles. The number of ether oxygens (including phenoxy) is 4. The monoisotopic (exact) mass is 473 g/mol. The summed E-state index contributed by atoms with van der Waals surface area (Å²) >= 11 is 0. The van der Waals surface area contributed by atoms with Crippen LogP contribution >= 0.6 is 0 Å². The van der Waals surface area contributed by atoms with E-state index in [-0.39, 0.29) is 30.6 Å². The van der Waals surface area contributed by atoms with Crippen LogP contribution in [-0.4, -0.2) is 50.1 Å². The smallest absolute Gasteiger partial charge is 0.551 e. The first-order valence-electron chi connectivity index (χ1n) is 12.6. The van der Waals surface area contributed by atoms with E-state index in [1.807, 2.05) is 18.2 Å². The predicted molar refractivity (Wildman–Crippen MR) is 134 cm³/mol. The minimum Gasteiger partial charge on any atom is -0.551 e. The van der Waals surface area contributed by atoms with E-state index < -0.39 is 0 Å². The molecule has 0 N–H and O–H groups in total. The third kappa shape index (κ3) is 6.64. The molecular formula is C29H40LiNO4. The number of rotatable bonds is 9. The molecule has 2 aromatic carbocycles. The Morgan fingerprint density at radius 1 is 1.09 bits per heavy atom. The second-order valence-corrected chi connectivity index (χ2v) is 10.3. The Hall–Kier alpha value is -1.48. The standard InChI is InChI=1S/C29H40NO4.Li/c1-21-11-13-24-26(17-21)34-28(20-33-19-23-9-7-6-8-10-23)30(29(24,2)3)16-15-22-12-14-25(31-4)27(18-22)32-5;/h6-10,14,18,21,24,26,28H,11,13,15-17,19-20H2,1-5H3;/q-1;+1. The van der Waals surface area contributed by atoms with Gasteiger partial charge in [0.1, 0.15) is 6.23 Å². The number of fused-ring (bicyclic) bond motifs is 1. The Bertz CT molecular complexity index is 922. The molecule has 1 saturated carbocycles. The number of methoxy groups -OCH3 is 2. The summed E-state index contributed by atoms with van der Waals surface area (Å²) in [5, 5.41) is 0. The summed E-state index contributed by atoms with van der Waals surface area (Å²) in [6.07, 6.45) is 4.73. The maximum Gasteiger partial charge on any atom is 1.00 e. The molecule has 4 atom stereocenters. The average molecular weight is 474 g/mol. The molecule has 35 heavy (non-hydrogen) atoms. The molecule has 2 aromatic rings. The molecular weight excluding hydrogens is 433 g/mol. The van der Waals surface area contributed by atoms with E-state index in [9.17, 15) is 0 Å². The molecule has 2 fully saturated rings. The third-order valence-corrected chi connectivity index (χ3v) is 7.75. The van der Waals surface area contributed by atoms with Crippen molar-refractivity contribution in [2.24, 2.45) is 11.8 Å². The molecule has 0 bridgehead atoms. The number of hydrogen-bond donors (Lipinski definition) is 0. The van der Waals surface area contributed by atoms with E-state index in [4.69, 9.17) is 18.9 Å². The molecule has 1 heterocycles. The number of nitrogens with zero attached hydrogens (tertiary/aromatic N) is 1. The molecule has 0 amide bonds. The van der Waals surface area contributed by atoms with Crippen LogP contribution in [0.5, 0.6) is 11.5 Å². The van der Waals surface area contributed by atoms with Crippen molar-refractivity contribution in [1.29, 1.82) is 0 Å². The van der Waals surface area contributed by atoms with Gasteiger partial charge in [0.2, 0.25) is 0 Å². The van der Waals surface area contributed by atoms with Crippen molar-refractivity contribution < 1.29 is 37.8 Å². The van der Waals surface area contributed by atoms with Crippen molar-refractivity contribution in [3.8, 4) is 11.5 Å². The van der Waals surface area contributed by atoms with Crippen LogP contribution in [0.3, 0.4) is 0 Å². The van der Waals surface area contributed by atoms with Gasteiger partial charge in [-0.05, 0) is 44.6 Å². The normalized spacial score (nSPS) is 25.9. The molecule has 4 rings (SSSR count). The first kappa shape index (κ1) is 28.1. The molecule has 1 aliphatic heterocycles. The van der Waals surface area contributed by atoms with Gasteiger partial charge in [0.15, 0.2) is 0 Å². The van der Waals surface area contributed by atoms with E-state index in [1.165, 1.54) is 18.4 Å². The van der Waals surface area contributed by atoms with Crippen LogP contribution in [0.25, 0.3) is 0 Å². The van der Waals surface area contributed by atoms with Crippen molar-refractivity contribution >= 4 is 0 Å². The molecule has 1 aliphatic carbocycles. The van der Waals surface area contributed by atoms with Gasteiger partial charge in [-0.2, -0.15) is 11.6 Å². The van der Waals surface area contributed by atoms with Gasteiger partial charge in [0, 0.05) is 23.8 Å². The minimum absolute atomic E-state index is 0. The van der Waals surface area contributed by atoms with Crippen LogP contribution in [-0.2, 0) is 22.5 Å². The molecule has 1 saturated heterocycles. The zero-order chi connectivity index (χ0) is 24.1. The molecule has 5 nitrogen and oxygen atoms in total. The largest absolute Gasteiger partial charge is 1.00 e. The summed E-state index contributed by atoms with van der Waals surface area (Å²) in [6.45, 7) is 9.18. The van der Waals surface area contributed by atoms with Gasteiger partial charge in [-0.15, -0.1) is 12.1 Å². The zero-order valence-electron chi connectivity index (χ0n) is 22.4. The zero-order valence-corrected chi connectivity index (χ0v) is 22.4.